The Bertz CT molecular complexity index is 1110. The molecule has 0 atom stereocenters. The molecule has 1 aromatic heterocycles. The van der Waals surface area contributed by atoms with Gasteiger partial charge in [-0.25, -0.2) is 12.8 Å². The van der Waals surface area contributed by atoms with E-state index in [4.69, 9.17) is 5.73 Å². The number of rotatable bonds is 7. The van der Waals surface area contributed by atoms with Crippen LogP contribution >= 0.6 is 11.3 Å². The molecule has 0 unspecified atom stereocenters. The zero-order valence-corrected chi connectivity index (χ0v) is 19.2. The molecule has 1 aliphatic rings. The van der Waals surface area contributed by atoms with E-state index in [0.717, 1.165) is 54.3 Å². The Morgan fingerprint density at radius 3 is 2.48 bits per heavy atom. The Morgan fingerprint density at radius 2 is 1.84 bits per heavy atom. The predicted octanol–water partition coefficient (Wildman–Crippen LogP) is 3.54. The number of sulfonamides is 1. The first-order valence-corrected chi connectivity index (χ1v) is 12.5. The molecule has 31 heavy (non-hydrogen) atoms. The summed E-state index contributed by atoms with van der Waals surface area (Å²) in [6, 6.07) is 3.13. The summed E-state index contributed by atoms with van der Waals surface area (Å²) in [5.74, 6) is -2.32. The van der Waals surface area contributed by atoms with E-state index in [2.05, 4.69) is 5.32 Å². The summed E-state index contributed by atoms with van der Waals surface area (Å²) in [5.41, 5.74) is 6.29. The molecule has 0 bridgehead atoms. The van der Waals surface area contributed by atoms with Crippen molar-refractivity contribution in [3.8, 4) is 0 Å². The van der Waals surface area contributed by atoms with Gasteiger partial charge in [-0.15, -0.1) is 11.3 Å². The normalized spacial score (nSPS) is 14.2. The lowest BCUT2D eigenvalue weighted by Gasteiger charge is -2.19. The van der Waals surface area contributed by atoms with Crippen LogP contribution in [0.25, 0.3) is 0 Å². The van der Waals surface area contributed by atoms with Crippen molar-refractivity contribution in [3.05, 3.63) is 45.6 Å². The number of amides is 2. The number of carbonyl (C=O) groups is 2. The van der Waals surface area contributed by atoms with Crippen LogP contribution in [0.2, 0.25) is 0 Å². The number of benzene rings is 1. The number of anilines is 1. The van der Waals surface area contributed by atoms with E-state index < -0.39 is 33.2 Å². The Morgan fingerprint density at radius 1 is 1.16 bits per heavy atom. The number of fused-ring (bicyclic) bond motifs is 1. The van der Waals surface area contributed by atoms with Gasteiger partial charge in [-0.1, -0.05) is 20.3 Å². The second kappa shape index (κ2) is 9.46. The van der Waals surface area contributed by atoms with Crippen molar-refractivity contribution in [2.75, 3.05) is 18.4 Å². The molecule has 0 radical (unpaired) electrons. The number of thiophene rings is 1. The third kappa shape index (κ3) is 4.65. The van der Waals surface area contributed by atoms with E-state index in [9.17, 15) is 22.4 Å². The van der Waals surface area contributed by atoms with Crippen LogP contribution in [0.1, 0.15) is 64.3 Å². The SMILES string of the molecule is CCN(CC)S(=O)(=O)c1ccc(F)c(C(=O)Nc2sc3c(c2C(N)=O)CCCCC3)c1. The van der Waals surface area contributed by atoms with Gasteiger partial charge in [-0.05, 0) is 49.4 Å². The van der Waals surface area contributed by atoms with Gasteiger partial charge in [-0.3, -0.25) is 9.59 Å². The Kier molecular flexibility index (Phi) is 7.13. The van der Waals surface area contributed by atoms with Crippen LogP contribution in [0, 0.1) is 5.82 Å². The molecular weight excluding hydrogens is 441 g/mol. The molecule has 2 aromatic rings. The number of primary amides is 1. The molecule has 0 spiro atoms. The van der Waals surface area contributed by atoms with Crippen molar-refractivity contribution < 1.29 is 22.4 Å². The fraction of sp³-hybridized carbons (Fsp3) is 0.429. The third-order valence-corrected chi connectivity index (χ3v) is 8.67. The van der Waals surface area contributed by atoms with E-state index in [1.54, 1.807) is 13.8 Å². The van der Waals surface area contributed by atoms with Gasteiger partial charge < -0.3 is 11.1 Å². The maximum atomic E-state index is 14.5. The highest BCUT2D eigenvalue weighted by molar-refractivity contribution is 7.89. The van der Waals surface area contributed by atoms with E-state index in [-0.39, 0.29) is 28.5 Å². The van der Waals surface area contributed by atoms with Gasteiger partial charge in [0.15, 0.2) is 0 Å². The standard InChI is InChI=1S/C21H26FN3O4S2/c1-3-25(4-2)31(28,29)13-10-11-16(22)15(12-13)20(27)24-21-18(19(23)26)14-8-6-5-7-9-17(14)30-21/h10-12H,3-9H2,1-2H3,(H2,23,26)(H,24,27). The fourth-order valence-corrected chi connectivity index (χ4v) is 6.59. The molecule has 7 nitrogen and oxygen atoms in total. The number of carbonyl (C=O) groups excluding carboxylic acids is 2. The van der Waals surface area contributed by atoms with Gasteiger partial charge in [-0.2, -0.15) is 4.31 Å². The minimum atomic E-state index is -3.86. The second-order valence-electron chi connectivity index (χ2n) is 7.32. The lowest BCUT2D eigenvalue weighted by atomic mass is 10.1. The molecule has 1 aliphatic carbocycles. The minimum Gasteiger partial charge on any atom is -0.365 e. The minimum absolute atomic E-state index is 0.167. The lowest BCUT2D eigenvalue weighted by Crippen LogP contribution is -2.31. The molecule has 0 saturated heterocycles. The molecule has 3 N–H and O–H groups in total. The summed E-state index contributed by atoms with van der Waals surface area (Å²) in [5, 5.41) is 2.87. The van der Waals surface area contributed by atoms with Crippen molar-refractivity contribution in [2.24, 2.45) is 5.73 Å². The van der Waals surface area contributed by atoms with Gasteiger partial charge in [0, 0.05) is 18.0 Å². The fourth-order valence-electron chi connectivity index (χ4n) is 3.81. The van der Waals surface area contributed by atoms with Crippen molar-refractivity contribution >= 4 is 38.2 Å². The molecule has 3 rings (SSSR count). The Balaban J connectivity index is 1.97. The van der Waals surface area contributed by atoms with Crippen LogP contribution < -0.4 is 11.1 Å². The molecule has 0 aliphatic heterocycles. The summed E-state index contributed by atoms with van der Waals surface area (Å²) in [6.07, 6.45) is 4.46. The van der Waals surface area contributed by atoms with Gasteiger partial charge in [0.2, 0.25) is 10.0 Å². The molecule has 10 heteroatoms. The molecule has 0 saturated carbocycles. The number of halogens is 1. The van der Waals surface area contributed by atoms with Crippen LogP contribution in [0.5, 0.6) is 0 Å². The van der Waals surface area contributed by atoms with Crippen molar-refractivity contribution in [3.63, 3.8) is 0 Å². The summed E-state index contributed by atoms with van der Waals surface area (Å²) < 4.78 is 41.2. The summed E-state index contributed by atoms with van der Waals surface area (Å²) in [7, 11) is -3.86. The number of aryl methyl sites for hydroxylation is 1. The maximum Gasteiger partial charge on any atom is 0.259 e. The first kappa shape index (κ1) is 23.4. The number of nitrogens with one attached hydrogen (secondary N) is 1. The number of nitrogens with two attached hydrogens (primary N) is 1. The highest BCUT2D eigenvalue weighted by Crippen LogP contribution is 2.37. The molecular formula is C21H26FN3O4S2. The van der Waals surface area contributed by atoms with Gasteiger partial charge in [0.1, 0.15) is 10.8 Å². The van der Waals surface area contributed by atoms with Crippen LogP contribution in [0.4, 0.5) is 9.39 Å². The van der Waals surface area contributed by atoms with Gasteiger partial charge >= 0.3 is 0 Å². The van der Waals surface area contributed by atoms with E-state index in [0.29, 0.717) is 6.42 Å². The highest BCUT2D eigenvalue weighted by Gasteiger charge is 2.27. The van der Waals surface area contributed by atoms with Gasteiger partial charge in [0.05, 0.1) is 16.0 Å². The lowest BCUT2D eigenvalue weighted by molar-refractivity contribution is 0.100. The van der Waals surface area contributed by atoms with Crippen molar-refractivity contribution in [2.45, 2.75) is 50.8 Å². The second-order valence-corrected chi connectivity index (χ2v) is 10.4. The monoisotopic (exact) mass is 467 g/mol. The molecule has 168 valence electrons. The zero-order valence-electron chi connectivity index (χ0n) is 17.5. The average molecular weight is 468 g/mol. The largest absolute Gasteiger partial charge is 0.365 e. The van der Waals surface area contributed by atoms with Crippen LogP contribution in [0.3, 0.4) is 0 Å². The topological polar surface area (TPSA) is 110 Å². The summed E-state index contributed by atoms with van der Waals surface area (Å²) in [6.45, 7) is 3.90. The molecule has 1 aromatic carbocycles. The first-order chi connectivity index (χ1) is 14.7. The number of hydrogen-bond donors (Lipinski definition) is 2. The van der Waals surface area contributed by atoms with E-state index >= 15 is 0 Å². The highest BCUT2D eigenvalue weighted by atomic mass is 32.2. The number of hydrogen-bond acceptors (Lipinski definition) is 5. The smallest absolute Gasteiger partial charge is 0.259 e. The van der Waals surface area contributed by atoms with Crippen LogP contribution in [0.15, 0.2) is 23.1 Å². The zero-order chi connectivity index (χ0) is 22.8. The first-order valence-electron chi connectivity index (χ1n) is 10.3. The van der Waals surface area contributed by atoms with E-state index in [1.165, 1.54) is 15.6 Å². The Labute approximate surface area is 185 Å². The predicted molar refractivity (Wildman–Crippen MR) is 119 cm³/mol. The Hall–Kier alpha value is -2.30. The number of nitrogens with zero attached hydrogens (tertiary/aromatic N) is 1. The van der Waals surface area contributed by atoms with Crippen LogP contribution in [-0.2, 0) is 22.9 Å². The van der Waals surface area contributed by atoms with Crippen molar-refractivity contribution in [1.82, 2.24) is 4.31 Å². The summed E-state index contributed by atoms with van der Waals surface area (Å²) >= 11 is 1.27. The molecule has 0 fully saturated rings. The van der Waals surface area contributed by atoms with Crippen LogP contribution in [-0.4, -0.2) is 37.6 Å². The van der Waals surface area contributed by atoms with Crippen molar-refractivity contribution in [1.29, 1.82) is 0 Å². The summed E-state index contributed by atoms with van der Waals surface area (Å²) in [4.78, 5) is 25.8. The third-order valence-electron chi connectivity index (χ3n) is 5.42. The maximum absolute atomic E-state index is 14.5. The van der Waals surface area contributed by atoms with E-state index in [1.807, 2.05) is 0 Å². The quantitative estimate of drug-likeness (QED) is 0.607. The molecule has 2 amide bonds. The molecule has 1 heterocycles. The average Bonchev–Trinajstić information content (AvgIpc) is 2.89. The van der Waals surface area contributed by atoms with Gasteiger partial charge in [0.25, 0.3) is 11.8 Å².